The van der Waals surface area contributed by atoms with Crippen molar-refractivity contribution in [2.75, 3.05) is 5.73 Å². The molecule has 1 aromatic heterocycles. The van der Waals surface area contributed by atoms with Gasteiger partial charge in [-0.3, -0.25) is 0 Å². The number of hydrogen-bond acceptors (Lipinski definition) is 2. The van der Waals surface area contributed by atoms with Crippen molar-refractivity contribution in [2.45, 2.75) is 0 Å². The zero-order valence-corrected chi connectivity index (χ0v) is 7.09. The lowest BCUT2D eigenvalue weighted by Crippen LogP contribution is -1.94. The number of benzene rings is 1. The van der Waals surface area contributed by atoms with E-state index in [2.05, 4.69) is 9.97 Å². The molecule has 0 unspecified atom stereocenters. The van der Waals surface area contributed by atoms with Crippen LogP contribution in [-0.2, 0) is 0 Å². The number of aromatic nitrogens is 2. The van der Waals surface area contributed by atoms with Gasteiger partial charge in [-0.05, 0) is 12.1 Å². The molecule has 0 aliphatic heterocycles. The van der Waals surface area contributed by atoms with E-state index in [4.69, 9.17) is 5.73 Å². The molecule has 0 fully saturated rings. The molecule has 2 rings (SSSR count). The summed E-state index contributed by atoms with van der Waals surface area (Å²) in [7, 11) is 0. The van der Waals surface area contributed by atoms with E-state index < -0.39 is 11.6 Å². The topological polar surface area (TPSA) is 54.7 Å². The van der Waals surface area contributed by atoms with Gasteiger partial charge in [-0.2, -0.15) is 0 Å². The van der Waals surface area contributed by atoms with E-state index in [1.54, 1.807) is 0 Å². The van der Waals surface area contributed by atoms with Crippen molar-refractivity contribution in [2.24, 2.45) is 0 Å². The number of H-pyrrole nitrogens is 1. The Balaban J connectivity index is 2.64. The summed E-state index contributed by atoms with van der Waals surface area (Å²) in [4.78, 5) is 6.39. The molecule has 1 heterocycles. The number of aromatic amines is 1. The fourth-order valence-electron chi connectivity index (χ4n) is 1.21. The van der Waals surface area contributed by atoms with Crippen molar-refractivity contribution in [3.05, 3.63) is 36.3 Å². The highest BCUT2D eigenvalue weighted by Gasteiger charge is 2.12. The molecule has 1 aromatic carbocycles. The fourth-order valence-corrected chi connectivity index (χ4v) is 1.21. The number of rotatable bonds is 1. The summed E-state index contributed by atoms with van der Waals surface area (Å²) in [6.45, 7) is 0. The smallest absolute Gasteiger partial charge is 0.168 e. The van der Waals surface area contributed by atoms with Crippen LogP contribution in [0.1, 0.15) is 0 Å². The van der Waals surface area contributed by atoms with Crippen LogP contribution in [0.3, 0.4) is 0 Å². The Morgan fingerprint density at radius 1 is 1.29 bits per heavy atom. The van der Waals surface area contributed by atoms with Crippen LogP contribution in [0.25, 0.3) is 11.3 Å². The van der Waals surface area contributed by atoms with Crippen molar-refractivity contribution in [1.82, 2.24) is 9.97 Å². The average Bonchev–Trinajstić information content (AvgIpc) is 2.63. The molecule has 0 saturated heterocycles. The molecule has 3 N–H and O–H groups in total. The lowest BCUT2D eigenvalue weighted by atomic mass is 10.1. The summed E-state index contributed by atoms with van der Waals surface area (Å²) in [5.74, 6) is -1.89. The molecule has 0 atom stereocenters. The Morgan fingerprint density at radius 3 is 2.71 bits per heavy atom. The minimum atomic E-state index is -0.963. The molecule has 0 aliphatic carbocycles. The molecule has 0 saturated carbocycles. The quantitative estimate of drug-likeness (QED) is 0.683. The average molecular weight is 195 g/mol. The fraction of sp³-hybridized carbons (Fsp3) is 0. The van der Waals surface area contributed by atoms with Crippen LogP contribution in [-0.4, -0.2) is 9.97 Å². The predicted octanol–water partition coefficient (Wildman–Crippen LogP) is 1.94. The second kappa shape index (κ2) is 3.10. The third kappa shape index (κ3) is 1.32. The highest BCUT2D eigenvalue weighted by atomic mass is 19.2. The highest BCUT2D eigenvalue weighted by Crippen LogP contribution is 2.24. The summed E-state index contributed by atoms with van der Waals surface area (Å²) in [6.07, 6.45) is 2.78. The number of imidazole rings is 1. The molecule has 3 nitrogen and oxygen atoms in total. The van der Waals surface area contributed by atoms with Gasteiger partial charge in [0, 0.05) is 11.3 Å². The van der Waals surface area contributed by atoms with Gasteiger partial charge >= 0.3 is 0 Å². The van der Waals surface area contributed by atoms with Gasteiger partial charge < -0.3 is 10.7 Å². The van der Waals surface area contributed by atoms with E-state index in [9.17, 15) is 8.78 Å². The van der Waals surface area contributed by atoms with Crippen molar-refractivity contribution < 1.29 is 8.78 Å². The van der Waals surface area contributed by atoms with E-state index in [1.165, 1.54) is 18.6 Å². The maximum absolute atomic E-state index is 13.3. The number of nitrogens with two attached hydrogens (primary N) is 1. The highest BCUT2D eigenvalue weighted by molar-refractivity contribution is 5.64. The Morgan fingerprint density at radius 2 is 2.07 bits per heavy atom. The molecule has 0 amide bonds. The first-order valence-electron chi connectivity index (χ1n) is 3.92. The first kappa shape index (κ1) is 8.68. The van der Waals surface area contributed by atoms with Crippen LogP contribution >= 0.6 is 0 Å². The van der Waals surface area contributed by atoms with Gasteiger partial charge in [-0.25, -0.2) is 13.8 Å². The molecule has 0 bridgehead atoms. The van der Waals surface area contributed by atoms with E-state index in [0.717, 1.165) is 6.07 Å². The summed E-state index contributed by atoms with van der Waals surface area (Å²) in [6, 6.07) is 2.29. The largest absolute Gasteiger partial charge is 0.399 e. The van der Waals surface area contributed by atoms with E-state index >= 15 is 0 Å². The van der Waals surface area contributed by atoms with E-state index in [0.29, 0.717) is 5.69 Å². The summed E-state index contributed by atoms with van der Waals surface area (Å²) in [5.41, 5.74) is 6.05. The van der Waals surface area contributed by atoms with Gasteiger partial charge in [-0.1, -0.05) is 0 Å². The van der Waals surface area contributed by atoms with Crippen LogP contribution in [0.5, 0.6) is 0 Å². The first-order chi connectivity index (χ1) is 6.68. The predicted molar refractivity (Wildman–Crippen MR) is 48.4 cm³/mol. The lowest BCUT2D eigenvalue weighted by molar-refractivity contribution is 0.511. The number of halogens is 2. The monoisotopic (exact) mass is 195 g/mol. The minimum absolute atomic E-state index is 0.0833. The molecular weight excluding hydrogens is 188 g/mol. The van der Waals surface area contributed by atoms with Crippen molar-refractivity contribution in [3.63, 3.8) is 0 Å². The van der Waals surface area contributed by atoms with Gasteiger partial charge in [0.05, 0.1) is 18.2 Å². The maximum atomic E-state index is 13.3. The van der Waals surface area contributed by atoms with Crippen molar-refractivity contribution in [3.8, 4) is 11.3 Å². The van der Waals surface area contributed by atoms with Gasteiger partial charge in [0.25, 0.3) is 0 Å². The van der Waals surface area contributed by atoms with Gasteiger partial charge in [0.1, 0.15) is 0 Å². The van der Waals surface area contributed by atoms with Crippen LogP contribution in [0.15, 0.2) is 24.7 Å². The molecule has 5 heteroatoms. The standard InChI is InChI=1S/C9H7F2N3/c10-7-2-5(12)1-6(9(7)11)8-3-13-4-14-8/h1-4H,12H2,(H,13,14). The Hall–Kier alpha value is -1.91. The zero-order valence-electron chi connectivity index (χ0n) is 7.09. The van der Waals surface area contributed by atoms with Gasteiger partial charge in [-0.15, -0.1) is 0 Å². The number of nitrogens with zero attached hydrogens (tertiary/aromatic N) is 1. The number of nitrogen functional groups attached to an aromatic ring is 1. The minimum Gasteiger partial charge on any atom is -0.399 e. The summed E-state index contributed by atoms with van der Waals surface area (Å²) in [5, 5.41) is 0. The summed E-state index contributed by atoms with van der Waals surface area (Å²) < 4.78 is 26.2. The van der Waals surface area contributed by atoms with Crippen molar-refractivity contribution in [1.29, 1.82) is 0 Å². The van der Waals surface area contributed by atoms with Crippen LogP contribution in [0, 0.1) is 11.6 Å². The molecule has 0 radical (unpaired) electrons. The van der Waals surface area contributed by atoms with E-state index in [-0.39, 0.29) is 11.3 Å². The maximum Gasteiger partial charge on any atom is 0.168 e. The normalized spacial score (nSPS) is 10.4. The second-order valence-corrected chi connectivity index (χ2v) is 2.83. The Kier molecular flexibility index (Phi) is 1.92. The van der Waals surface area contributed by atoms with Gasteiger partial charge in [0.15, 0.2) is 11.6 Å². The Bertz CT molecular complexity index is 451. The molecule has 0 aliphatic rings. The lowest BCUT2D eigenvalue weighted by Gasteiger charge is -2.02. The molecule has 2 aromatic rings. The molecular formula is C9H7F2N3. The number of anilines is 1. The SMILES string of the molecule is Nc1cc(F)c(F)c(-c2cnc[nH]2)c1. The third-order valence-corrected chi connectivity index (χ3v) is 1.84. The summed E-state index contributed by atoms with van der Waals surface area (Å²) >= 11 is 0. The van der Waals surface area contributed by atoms with Crippen LogP contribution in [0.4, 0.5) is 14.5 Å². The zero-order chi connectivity index (χ0) is 10.1. The first-order valence-corrected chi connectivity index (χ1v) is 3.92. The van der Waals surface area contributed by atoms with E-state index in [1.807, 2.05) is 0 Å². The molecule has 0 spiro atoms. The third-order valence-electron chi connectivity index (χ3n) is 1.84. The van der Waals surface area contributed by atoms with Gasteiger partial charge in [0.2, 0.25) is 0 Å². The van der Waals surface area contributed by atoms with Crippen molar-refractivity contribution >= 4 is 5.69 Å². The Labute approximate surface area is 78.6 Å². The molecule has 72 valence electrons. The second-order valence-electron chi connectivity index (χ2n) is 2.83. The van der Waals surface area contributed by atoms with Crippen LogP contribution < -0.4 is 5.73 Å². The number of nitrogens with one attached hydrogen (secondary N) is 1. The van der Waals surface area contributed by atoms with Crippen LogP contribution in [0.2, 0.25) is 0 Å². The number of hydrogen-bond donors (Lipinski definition) is 2. The molecule has 14 heavy (non-hydrogen) atoms.